The molecule has 1 fully saturated rings. The van der Waals surface area contributed by atoms with Crippen LogP contribution in [0.1, 0.15) is 38.8 Å². The van der Waals surface area contributed by atoms with Gasteiger partial charge in [-0.1, -0.05) is 24.3 Å². The molecule has 1 aliphatic heterocycles. The van der Waals surface area contributed by atoms with Gasteiger partial charge in [0, 0.05) is 0 Å². The van der Waals surface area contributed by atoms with Crippen molar-refractivity contribution >= 4 is 12.6 Å². The van der Waals surface area contributed by atoms with E-state index in [1.54, 1.807) is 27.7 Å². The fourth-order valence-electron chi connectivity index (χ4n) is 2.95. The number of benzene rings is 2. The first-order chi connectivity index (χ1) is 13.1. The predicted octanol–water partition coefficient (Wildman–Crippen LogP) is 5.69. The third kappa shape index (κ3) is 4.30. The Morgan fingerprint density at radius 3 is 1.59 bits per heavy atom. The van der Waals surface area contributed by atoms with Gasteiger partial charge in [-0.15, -0.1) is 0 Å². The minimum absolute atomic E-state index is 0.123. The van der Waals surface area contributed by atoms with Crippen LogP contribution in [0.4, 0.5) is 26.3 Å². The van der Waals surface area contributed by atoms with Gasteiger partial charge in [-0.3, -0.25) is 0 Å². The normalized spacial score (nSPS) is 18.9. The van der Waals surface area contributed by atoms with Crippen molar-refractivity contribution in [2.75, 3.05) is 0 Å². The van der Waals surface area contributed by atoms with Gasteiger partial charge in [0.05, 0.1) is 22.3 Å². The molecule has 3 rings (SSSR count). The summed E-state index contributed by atoms with van der Waals surface area (Å²) < 4.78 is 90.3. The SMILES string of the molecule is CC1(C)OB(c2cc(-c3ccc(C(F)(F)F)cc3)cc(C(F)(F)F)c2)OC1(C)C. The lowest BCUT2D eigenvalue weighted by Crippen LogP contribution is -2.41. The lowest BCUT2D eigenvalue weighted by molar-refractivity contribution is -0.138. The molecule has 0 bridgehead atoms. The summed E-state index contributed by atoms with van der Waals surface area (Å²) in [5.41, 5.74) is -2.81. The summed E-state index contributed by atoms with van der Waals surface area (Å²) in [5.74, 6) is 0. The number of alkyl halides is 6. The van der Waals surface area contributed by atoms with Crippen molar-refractivity contribution in [3.8, 4) is 11.1 Å². The Kier molecular flexibility index (Phi) is 5.07. The quantitative estimate of drug-likeness (QED) is 0.463. The van der Waals surface area contributed by atoms with Gasteiger partial charge in [-0.2, -0.15) is 26.3 Å². The van der Waals surface area contributed by atoms with Gasteiger partial charge in [0.2, 0.25) is 0 Å². The van der Waals surface area contributed by atoms with Gasteiger partial charge in [-0.25, -0.2) is 0 Å². The summed E-state index contributed by atoms with van der Waals surface area (Å²) in [7, 11) is -1.03. The maximum Gasteiger partial charge on any atom is 0.494 e. The molecule has 156 valence electrons. The highest BCUT2D eigenvalue weighted by atomic mass is 19.4. The first kappa shape index (κ1) is 21.7. The van der Waals surface area contributed by atoms with E-state index in [4.69, 9.17) is 9.31 Å². The molecule has 0 saturated carbocycles. The van der Waals surface area contributed by atoms with Crippen LogP contribution in [-0.4, -0.2) is 18.3 Å². The highest BCUT2D eigenvalue weighted by Crippen LogP contribution is 2.38. The second-order valence-corrected chi connectivity index (χ2v) is 8.00. The molecule has 0 unspecified atom stereocenters. The van der Waals surface area contributed by atoms with Crippen molar-refractivity contribution in [3.05, 3.63) is 53.6 Å². The summed E-state index contributed by atoms with van der Waals surface area (Å²) in [6.07, 6.45) is -9.17. The van der Waals surface area contributed by atoms with Crippen LogP contribution in [0.15, 0.2) is 42.5 Å². The van der Waals surface area contributed by atoms with Gasteiger partial charge in [0.25, 0.3) is 0 Å². The van der Waals surface area contributed by atoms with E-state index in [1.807, 2.05) is 0 Å². The molecule has 0 N–H and O–H groups in total. The molecular formula is C20H19BF6O2. The maximum absolute atomic E-state index is 13.4. The van der Waals surface area contributed by atoms with Gasteiger partial charge in [0.1, 0.15) is 0 Å². The molecule has 2 aromatic carbocycles. The molecule has 0 spiro atoms. The van der Waals surface area contributed by atoms with Gasteiger partial charge in [0.15, 0.2) is 0 Å². The largest absolute Gasteiger partial charge is 0.494 e. The van der Waals surface area contributed by atoms with E-state index >= 15 is 0 Å². The maximum atomic E-state index is 13.4. The van der Waals surface area contributed by atoms with Crippen LogP contribution >= 0.6 is 0 Å². The number of hydrogen-bond donors (Lipinski definition) is 0. The average molecular weight is 416 g/mol. The Bertz CT molecular complexity index is 885. The number of rotatable bonds is 2. The minimum atomic E-state index is -4.64. The number of halogens is 6. The van der Waals surface area contributed by atoms with Crippen LogP contribution in [-0.2, 0) is 21.7 Å². The topological polar surface area (TPSA) is 18.5 Å². The van der Waals surface area contributed by atoms with E-state index in [0.717, 1.165) is 36.4 Å². The molecule has 0 atom stereocenters. The fourth-order valence-corrected chi connectivity index (χ4v) is 2.95. The van der Waals surface area contributed by atoms with Crippen molar-refractivity contribution < 1.29 is 35.7 Å². The molecular weight excluding hydrogens is 397 g/mol. The van der Waals surface area contributed by atoms with Crippen LogP contribution in [0.25, 0.3) is 11.1 Å². The molecule has 2 aromatic rings. The van der Waals surface area contributed by atoms with Crippen LogP contribution in [0.5, 0.6) is 0 Å². The third-order valence-electron chi connectivity index (χ3n) is 5.35. The Morgan fingerprint density at radius 2 is 1.14 bits per heavy atom. The summed E-state index contributed by atoms with van der Waals surface area (Å²) in [5, 5.41) is 0. The van der Waals surface area contributed by atoms with Crippen LogP contribution in [0, 0.1) is 0 Å². The fraction of sp³-hybridized carbons (Fsp3) is 0.400. The highest BCUT2D eigenvalue weighted by molar-refractivity contribution is 6.62. The first-order valence-corrected chi connectivity index (χ1v) is 8.86. The summed E-state index contributed by atoms with van der Waals surface area (Å²) >= 11 is 0. The van der Waals surface area contributed by atoms with Crippen LogP contribution in [0.2, 0.25) is 0 Å². The van der Waals surface area contributed by atoms with Crippen molar-refractivity contribution in [2.45, 2.75) is 51.2 Å². The Balaban J connectivity index is 2.06. The van der Waals surface area contributed by atoms with Gasteiger partial charge < -0.3 is 9.31 Å². The predicted molar refractivity (Wildman–Crippen MR) is 97.6 cm³/mol. The van der Waals surface area contributed by atoms with Crippen molar-refractivity contribution in [3.63, 3.8) is 0 Å². The van der Waals surface area contributed by atoms with E-state index in [2.05, 4.69) is 0 Å². The zero-order valence-electron chi connectivity index (χ0n) is 16.2. The first-order valence-electron chi connectivity index (χ1n) is 8.86. The van der Waals surface area contributed by atoms with E-state index in [9.17, 15) is 26.3 Å². The summed E-state index contributed by atoms with van der Waals surface area (Å²) in [6.45, 7) is 7.10. The molecule has 1 aliphatic rings. The average Bonchev–Trinajstić information content (AvgIpc) is 2.81. The second-order valence-electron chi connectivity index (χ2n) is 8.00. The molecule has 2 nitrogen and oxygen atoms in total. The van der Waals surface area contributed by atoms with E-state index in [-0.39, 0.29) is 16.6 Å². The smallest absolute Gasteiger partial charge is 0.399 e. The van der Waals surface area contributed by atoms with Gasteiger partial charge >= 0.3 is 19.5 Å². The summed E-state index contributed by atoms with van der Waals surface area (Å²) in [6, 6.07) is 7.25. The molecule has 0 radical (unpaired) electrons. The minimum Gasteiger partial charge on any atom is -0.399 e. The summed E-state index contributed by atoms with van der Waals surface area (Å²) in [4.78, 5) is 0. The lowest BCUT2D eigenvalue weighted by atomic mass is 9.77. The molecule has 0 aliphatic carbocycles. The van der Waals surface area contributed by atoms with E-state index < -0.39 is 41.8 Å². The molecule has 0 aromatic heterocycles. The Labute approximate surface area is 165 Å². The third-order valence-corrected chi connectivity index (χ3v) is 5.35. The zero-order chi connectivity index (χ0) is 21.8. The lowest BCUT2D eigenvalue weighted by Gasteiger charge is -2.32. The molecule has 29 heavy (non-hydrogen) atoms. The highest BCUT2D eigenvalue weighted by Gasteiger charge is 2.52. The van der Waals surface area contributed by atoms with E-state index in [0.29, 0.717) is 0 Å². The molecule has 0 amide bonds. The molecule has 1 saturated heterocycles. The number of hydrogen-bond acceptors (Lipinski definition) is 2. The van der Waals surface area contributed by atoms with Crippen molar-refractivity contribution in [2.24, 2.45) is 0 Å². The second kappa shape index (κ2) is 6.77. The van der Waals surface area contributed by atoms with Gasteiger partial charge in [-0.05, 0) is 62.5 Å². The van der Waals surface area contributed by atoms with Crippen molar-refractivity contribution in [1.82, 2.24) is 0 Å². The standard InChI is InChI=1S/C20H19BF6O2/c1-17(2)18(3,4)29-21(28-17)16-10-13(9-15(11-16)20(25,26)27)12-5-7-14(8-6-12)19(22,23)24/h5-11H,1-4H3. The van der Waals surface area contributed by atoms with Crippen LogP contribution < -0.4 is 5.46 Å². The Hall–Kier alpha value is -2.00. The Morgan fingerprint density at radius 1 is 0.655 bits per heavy atom. The zero-order valence-corrected chi connectivity index (χ0v) is 16.2. The van der Waals surface area contributed by atoms with Crippen molar-refractivity contribution in [1.29, 1.82) is 0 Å². The van der Waals surface area contributed by atoms with Crippen LogP contribution in [0.3, 0.4) is 0 Å². The van der Waals surface area contributed by atoms with E-state index in [1.165, 1.54) is 6.07 Å². The monoisotopic (exact) mass is 416 g/mol. The molecule has 1 heterocycles. The molecule has 9 heteroatoms.